The van der Waals surface area contributed by atoms with E-state index < -0.39 is 0 Å². The summed E-state index contributed by atoms with van der Waals surface area (Å²) in [7, 11) is 0. The highest BCUT2D eigenvalue weighted by atomic mass is 16.6. The fourth-order valence-corrected chi connectivity index (χ4v) is 1.67. The van der Waals surface area contributed by atoms with Crippen LogP contribution in [0.25, 0.3) is 10.9 Å². The monoisotopic (exact) mass is 214 g/mol. The minimum absolute atomic E-state index is 0.183. The number of fused-ring (bicyclic) bond motifs is 1. The fraction of sp³-hybridized carbons (Fsp3) is 0.182. The van der Waals surface area contributed by atoms with Crippen LogP contribution >= 0.6 is 0 Å². The van der Waals surface area contributed by atoms with Crippen molar-refractivity contribution in [2.75, 3.05) is 6.61 Å². The molecule has 3 rings (SSSR count). The lowest BCUT2D eigenvalue weighted by molar-refractivity contribution is 0.165. The molecule has 79 valence electrons. The van der Waals surface area contributed by atoms with Crippen LogP contribution in [0, 0.1) is 0 Å². The first-order valence-corrected chi connectivity index (χ1v) is 4.91. The third kappa shape index (κ3) is 1.37. The molecule has 1 aromatic heterocycles. The van der Waals surface area contributed by atoms with Crippen molar-refractivity contribution in [1.82, 2.24) is 9.97 Å². The minimum atomic E-state index is -0.238. The Morgan fingerprint density at radius 3 is 3.12 bits per heavy atom. The van der Waals surface area contributed by atoms with E-state index in [4.69, 9.17) is 4.84 Å². The maximum Gasteiger partial charge on any atom is 0.280 e. The number of rotatable bonds is 1. The number of nitrogens with one attached hydrogen (secondary N) is 1. The summed E-state index contributed by atoms with van der Waals surface area (Å²) >= 11 is 0. The van der Waals surface area contributed by atoms with Gasteiger partial charge in [0.15, 0.2) is 0 Å². The molecule has 1 aliphatic heterocycles. The lowest BCUT2D eigenvalue weighted by Gasteiger charge is -2.04. The van der Waals surface area contributed by atoms with E-state index in [-0.39, 0.29) is 11.5 Å². The maximum absolute atomic E-state index is 11.7. The van der Waals surface area contributed by atoms with Gasteiger partial charge in [-0.15, -0.1) is 0 Å². The van der Waals surface area contributed by atoms with Crippen LogP contribution < -0.4 is 5.56 Å². The molecule has 2 heterocycles. The van der Waals surface area contributed by atoms with Crippen LogP contribution in [0.15, 0.2) is 34.2 Å². The van der Waals surface area contributed by atoms with Crippen molar-refractivity contribution in [3.63, 3.8) is 0 Å². The number of benzene rings is 1. The van der Waals surface area contributed by atoms with Gasteiger partial charge in [0, 0.05) is 0 Å². The van der Waals surface area contributed by atoms with E-state index in [1.54, 1.807) is 6.07 Å². The molecule has 16 heavy (non-hydrogen) atoms. The Morgan fingerprint density at radius 1 is 1.44 bits per heavy atom. The minimum Gasteiger partial charge on any atom is -0.394 e. The number of aromatic amines is 1. The van der Waals surface area contributed by atoms with Crippen LogP contribution in [0.4, 0.5) is 0 Å². The average molecular weight is 214 g/mol. The van der Waals surface area contributed by atoms with E-state index in [0.717, 1.165) is 5.52 Å². The Morgan fingerprint density at radius 2 is 2.31 bits per heavy atom. The van der Waals surface area contributed by atoms with Gasteiger partial charge in [-0.25, -0.2) is 0 Å². The molecule has 0 saturated carbocycles. The topological polar surface area (TPSA) is 67.3 Å². The highest BCUT2D eigenvalue weighted by Crippen LogP contribution is 2.15. The molecule has 5 heteroatoms. The zero-order chi connectivity index (χ0) is 11.0. The van der Waals surface area contributed by atoms with E-state index >= 15 is 0 Å². The van der Waals surface area contributed by atoms with Gasteiger partial charge in [-0.1, -0.05) is 17.3 Å². The molecule has 1 aliphatic rings. The van der Waals surface area contributed by atoms with E-state index in [2.05, 4.69) is 21.3 Å². The lowest BCUT2D eigenvalue weighted by atomic mass is 10.1. The number of para-hydroxylation sites is 1. The first-order valence-electron chi connectivity index (χ1n) is 4.91. The first kappa shape index (κ1) is 9.08. The molecule has 0 spiro atoms. The zero-order valence-corrected chi connectivity index (χ0v) is 8.30. The predicted octanol–water partition coefficient (Wildman–Crippen LogP) is 0.900. The maximum atomic E-state index is 11.7. The van der Waals surface area contributed by atoms with Crippen molar-refractivity contribution in [2.45, 2.75) is 5.92 Å². The van der Waals surface area contributed by atoms with Gasteiger partial charge in [0.05, 0.1) is 10.9 Å². The third-order valence-corrected chi connectivity index (χ3v) is 2.49. The Balaban J connectivity index is 2.21. The largest absolute Gasteiger partial charge is 0.394 e. The SMILES string of the molecule is O=c1nc(C2[C]=NOC2)[nH]c2ccccc12. The van der Waals surface area contributed by atoms with Gasteiger partial charge in [-0.2, -0.15) is 4.98 Å². The average Bonchev–Trinajstić information content (AvgIpc) is 2.82. The molecule has 1 atom stereocenters. The van der Waals surface area contributed by atoms with Gasteiger partial charge in [0.1, 0.15) is 24.6 Å². The lowest BCUT2D eigenvalue weighted by Crippen LogP contribution is -2.16. The Hall–Kier alpha value is -2.17. The van der Waals surface area contributed by atoms with E-state index in [0.29, 0.717) is 17.8 Å². The van der Waals surface area contributed by atoms with Crippen molar-refractivity contribution < 1.29 is 4.84 Å². The van der Waals surface area contributed by atoms with Crippen LogP contribution in [-0.4, -0.2) is 22.8 Å². The molecule has 0 fully saturated rings. The van der Waals surface area contributed by atoms with E-state index in [1.165, 1.54) is 0 Å². The van der Waals surface area contributed by atoms with Crippen LogP contribution in [0.5, 0.6) is 0 Å². The van der Waals surface area contributed by atoms with Gasteiger partial charge in [-0.05, 0) is 12.1 Å². The number of H-pyrrole nitrogens is 1. The van der Waals surface area contributed by atoms with Crippen molar-refractivity contribution in [3.05, 3.63) is 40.4 Å². The molecule has 0 saturated heterocycles. The number of hydrogen-bond donors (Lipinski definition) is 1. The van der Waals surface area contributed by atoms with Crippen LogP contribution in [0.2, 0.25) is 0 Å². The van der Waals surface area contributed by atoms with Crippen LogP contribution in [-0.2, 0) is 4.84 Å². The summed E-state index contributed by atoms with van der Waals surface area (Å²) in [4.78, 5) is 23.6. The second-order valence-electron chi connectivity index (χ2n) is 3.54. The normalized spacial score (nSPS) is 18.9. The summed E-state index contributed by atoms with van der Waals surface area (Å²) < 4.78 is 0. The Labute approximate surface area is 90.8 Å². The molecule has 2 aromatic rings. The van der Waals surface area contributed by atoms with E-state index in [9.17, 15) is 4.79 Å². The van der Waals surface area contributed by atoms with E-state index in [1.807, 2.05) is 18.2 Å². The second kappa shape index (κ2) is 3.44. The Bertz CT molecular complexity index is 618. The van der Waals surface area contributed by atoms with Crippen molar-refractivity contribution in [1.29, 1.82) is 0 Å². The summed E-state index contributed by atoms with van der Waals surface area (Å²) in [5.41, 5.74) is 0.532. The van der Waals surface area contributed by atoms with Crippen LogP contribution in [0.1, 0.15) is 11.7 Å². The highest BCUT2D eigenvalue weighted by Gasteiger charge is 2.19. The molecule has 5 nitrogen and oxygen atoms in total. The van der Waals surface area contributed by atoms with Gasteiger partial charge >= 0.3 is 0 Å². The number of aromatic nitrogens is 2. The standard InChI is InChI=1S/C11H8N3O2/c15-11-8-3-1-2-4-9(8)13-10(14-11)7-5-12-16-6-7/h1-4,7H,6H2,(H,13,14,15). The molecule has 1 unspecified atom stereocenters. The highest BCUT2D eigenvalue weighted by molar-refractivity contribution is 5.78. The second-order valence-corrected chi connectivity index (χ2v) is 3.54. The molecule has 0 bridgehead atoms. The van der Waals surface area contributed by atoms with Gasteiger partial charge in [0.25, 0.3) is 5.56 Å². The molecular weight excluding hydrogens is 206 g/mol. The first-order chi connectivity index (χ1) is 7.84. The molecule has 0 aliphatic carbocycles. The smallest absolute Gasteiger partial charge is 0.280 e. The van der Waals surface area contributed by atoms with Gasteiger partial charge in [-0.3, -0.25) is 4.79 Å². The summed E-state index contributed by atoms with van der Waals surface area (Å²) in [6.45, 7) is 0.376. The summed E-state index contributed by atoms with van der Waals surface area (Å²) in [5.74, 6) is 0.363. The molecule has 1 aromatic carbocycles. The zero-order valence-electron chi connectivity index (χ0n) is 8.30. The van der Waals surface area contributed by atoms with Crippen molar-refractivity contribution in [2.24, 2.45) is 5.16 Å². The number of hydrogen-bond acceptors (Lipinski definition) is 4. The molecule has 1 N–H and O–H groups in total. The quantitative estimate of drug-likeness (QED) is 0.766. The molecule has 0 amide bonds. The summed E-state index contributed by atoms with van der Waals surface area (Å²) in [6.07, 6.45) is 2.73. The Kier molecular flexibility index (Phi) is 1.96. The summed E-state index contributed by atoms with van der Waals surface area (Å²) in [6, 6.07) is 7.26. The van der Waals surface area contributed by atoms with Gasteiger partial charge < -0.3 is 9.82 Å². The van der Waals surface area contributed by atoms with Gasteiger partial charge in [0.2, 0.25) is 0 Å². The van der Waals surface area contributed by atoms with Crippen LogP contribution in [0.3, 0.4) is 0 Å². The third-order valence-electron chi connectivity index (χ3n) is 2.49. The van der Waals surface area contributed by atoms with Crippen molar-refractivity contribution in [3.8, 4) is 0 Å². The fourth-order valence-electron chi connectivity index (χ4n) is 1.67. The molecular formula is C11H8N3O2. The summed E-state index contributed by atoms with van der Waals surface area (Å²) in [5, 5.41) is 4.12. The predicted molar refractivity (Wildman–Crippen MR) is 58.5 cm³/mol. The molecule has 1 radical (unpaired) electrons. The number of nitrogens with zero attached hydrogens (tertiary/aromatic N) is 2. The van der Waals surface area contributed by atoms with Crippen molar-refractivity contribution >= 4 is 17.1 Å².